The third kappa shape index (κ3) is 4.17. The van der Waals surface area contributed by atoms with Crippen molar-refractivity contribution in [2.75, 3.05) is 0 Å². The molecule has 0 bridgehead atoms. The molecule has 2 aromatic heterocycles. The number of thiophene rings is 1. The van der Waals surface area contributed by atoms with Gasteiger partial charge in [0.25, 0.3) is 0 Å². The highest BCUT2D eigenvalue weighted by Gasteiger charge is 2.08. The average Bonchev–Trinajstić information content (AvgIpc) is 3.23. The second-order valence-electron chi connectivity index (χ2n) is 4.97. The summed E-state index contributed by atoms with van der Waals surface area (Å²) in [4.78, 5) is 17.0. The van der Waals surface area contributed by atoms with Crippen molar-refractivity contribution in [3.63, 3.8) is 0 Å². The van der Waals surface area contributed by atoms with Gasteiger partial charge in [-0.15, -0.1) is 11.3 Å². The van der Waals surface area contributed by atoms with Crippen LogP contribution >= 0.6 is 11.3 Å². The van der Waals surface area contributed by atoms with Gasteiger partial charge < -0.3 is 9.15 Å². The average molecular weight is 325 g/mol. The van der Waals surface area contributed by atoms with E-state index >= 15 is 0 Å². The van der Waals surface area contributed by atoms with E-state index in [-0.39, 0.29) is 6.61 Å². The maximum atomic E-state index is 11.7. The van der Waals surface area contributed by atoms with Crippen molar-refractivity contribution in [3.05, 3.63) is 70.9 Å². The molecule has 0 aliphatic carbocycles. The van der Waals surface area contributed by atoms with Crippen molar-refractivity contribution in [1.29, 1.82) is 0 Å². The van der Waals surface area contributed by atoms with E-state index in [2.05, 4.69) is 4.98 Å². The number of benzene rings is 1. The molecule has 0 saturated carbocycles. The van der Waals surface area contributed by atoms with Crippen LogP contribution in [0.15, 0.2) is 58.5 Å². The minimum absolute atomic E-state index is 0.0892. The maximum absolute atomic E-state index is 11.7. The van der Waals surface area contributed by atoms with E-state index in [9.17, 15) is 4.79 Å². The van der Waals surface area contributed by atoms with Crippen LogP contribution in [0.25, 0.3) is 16.8 Å². The predicted octanol–water partition coefficient (Wildman–Crippen LogP) is 4.47. The molecule has 0 aliphatic rings. The SMILES string of the molecule is Cc1ccc(/C=C/C(=O)OCc2coc(-c3cccs3)n2)cc1. The zero-order valence-electron chi connectivity index (χ0n) is 12.6. The number of rotatable bonds is 5. The van der Waals surface area contributed by atoms with E-state index in [1.807, 2.05) is 48.7 Å². The van der Waals surface area contributed by atoms with Gasteiger partial charge in [0.2, 0.25) is 5.89 Å². The first-order valence-electron chi connectivity index (χ1n) is 7.10. The van der Waals surface area contributed by atoms with Crippen molar-refractivity contribution >= 4 is 23.4 Å². The Morgan fingerprint density at radius 3 is 2.87 bits per heavy atom. The summed E-state index contributed by atoms with van der Waals surface area (Å²) in [7, 11) is 0. The second-order valence-corrected chi connectivity index (χ2v) is 5.92. The number of ether oxygens (including phenoxy) is 1. The normalized spacial score (nSPS) is 11.0. The molecular weight excluding hydrogens is 310 g/mol. The lowest BCUT2D eigenvalue weighted by atomic mass is 10.1. The lowest BCUT2D eigenvalue weighted by molar-refractivity contribution is -0.139. The van der Waals surface area contributed by atoms with Gasteiger partial charge in [-0.2, -0.15) is 0 Å². The van der Waals surface area contributed by atoms with E-state index in [4.69, 9.17) is 9.15 Å². The number of esters is 1. The molecule has 23 heavy (non-hydrogen) atoms. The molecule has 2 heterocycles. The summed E-state index contributed by atoms with van der Waals surface area (Å²) in [5.41, 5.74) is 2.72. The van der Waals surface area contributed by atoms with Crippen molar-refractivity contribution in [1.82, 2.24) is 4.98 Å². The van der Waals surface area contributed by atoms with Gasteiger partial charge >= 0.3 is 5.97 Å². The van der Waals surface area contributed by atoms with E-state index in [1.54, 1.807) is 17.4 Å². The van der Waals surface area contributed by atoms with Gasteiger partial charge in [-0.05, 0) is 30.0 Å². The zero-order valence-corrected chi connectivity index (χ0v) is 13.4. The van der Waals surface area contributed by atoms with Crippen LogP contribution in [0.5, 0.6) is 0 Å². The largest absolute Gasteiger partial charge is 0.456 e. The van der Waals surface area contributed by atoms with E-state index in [1.165, 1.54) is 17.9 Å². The summed E-state index contributed by atoms with van der Waals surface area (Å²) in [6.45, 7) is 2.11. The number of nitrogens with zero attached hydrogens (tertiary/aromatic N) is 1. The number of carbonyl (C=O) groups excluding carboxylic acids is 1. The van der Waals surface area contributed by atoms with Gasteiger partial charge in [-0.1, -0.05) is 35.9 Å². The Bertz CT molecular complexity index is 801. The highest BCUT2D eigenvalue weighted by molar-refractivity contribution is 7.13. The zero-order chi connectivity index (χ0) is 16.1. The number of oxazole rings is 1. The molecule has 3 rings (SSSR count). The minimum atomic E-state index is -0.411. The van der Waals surface area contributed by atoms with Crippen LogP contribution in [-0.4, -0.2) is 11.0 Å². The van der Waals surface area contributed by atoms with Crippen LogP contribution in [0, 0.1) is 6.92 Å². The summed E-state index contributed by atoms with van der Waals surface area (Å²) in [5, 5.41) is 1.95. The first-order chi connectivity index (χ1) is 11.2. The summed E-state index contributed by atoms with van der Waals surface area (Å²) in [6, 6.07) is 11.7. The summed E-state index contributed by atoms with van der Waals surface area (Å²) in [5.74, 6) is 0.132. The third-order valence-corrected chi connectivity index (χ3v) is 3.99. The predicted molar refractivity (Wildman–Crippen MR) is 89.8 cm³/mol. The van der Waals surface area contributed by atoms with Crippen molar-refractivity contribution in [2.24, 2.45) is 0 Å². The van der Waals surface area contributed by atoms with Gasteiger partial charge in [0.15, 0.2) is 0 Å². The lowest BCUT2D eigenvalue weighted by Gasteiger charge is -1.98. The van der Waals surface area contributed by atoms with Gasteiger partial charge in [-0.25, -0.2) is 9.78 Å². The van der Waals surface area contributed by atoms with Gasteiger partial charge in [0.05, 0.1) is 4.88 Å². The first kappa shape index (κ1) is 15.2. The van der Waals surface area contributed by atoms with Crippen LogP contribution in [0.1, 0.15) is 16.8 Å². The molecule has 0 fully saturated rings. The van der Waals surface area contributed by atoms with Crippen LogP contribution in [0.4, 0.5) is 0 Å². The molecule has 4 nitrogen and oxygen atoms in total. The van der Waals surface area contributed by atoms with E-state index in [0.717, 1.165) is 10.4 Å². The first-order valence-corrected chi connectivity index (χ1v) is 7.98. The standard InChI is InChI=1S/C18H15NO3S/c1-13-4-6-14(7-5-13)8-9-17(20)21-11-15-12-22-18(19-15)16-3-2-10-23-16/h2-10,12H,11H2,1H3/b9-8+. The van der Waals surface area contributed by atoms with Crippen molar-refractivity contribution in [3.8, 4) is 10.8 Å². The maximum Gasteiger partial charge on any atom is 0.331 e. The minimum Gasteiger partial charge on any atom is -0.456 e. The van der Waals surface area contributed by atoms with Gasteiger partial charge in [0.1, 0.15) is 18.6 Å². The Morgan fingerprint density at radius 1 is 1.30 bits per heavy atom. The number of carbonyl (C=O) groups is 1. The second kappa shape index (κ2) is 7.07. The topological polar surface area (TPSA) is 52.3 Å². The molecule has 0 unspecified atom stereocenters. The number of aryl methyl sites for hydroxylation is 1. The quantitative estimate of drug-likeness (QED) is 0.513. The molecule has 0 aliphatic heterocycles. The van der Waals surface area contributed by atoms with Crippen molar-refractivity contribution < 1.29 is 13.9 Å². The summed E-state index contributed by atoms with van der Waals surface area (Å²) < 4.78 is 10.5. The molecule has 0 spiro atoms. The Labute approximate surface area is 138 Å². The van der Waals surface area contributed by atoms with Crippen molar-refractivity contribution in [2.45, 2.75) is 13.5 Å². The molecule has 1 aromatic carbocycles. The highest BCUT2D eigenvalue weighted by Crippen LogP contribution is 2.23. The molecule has 116 valence electrons. The monoisotopic (exact) mass is 325 g/mol. The Hall–Kier alpha value is -2.66. The van der Waals surface area contributed by atoms with Crippen LogP contribution < -0.4 is 0 Å². The van der Waals surface area contributed by atoms with E-state index in [0.29, 0.717) is 11.6 Å². The van der Waals surface area contributed by atoms with Crippen LogP contribution in [0.2, 0.25) is 0 Å². The highest BCUT2D eigenvalue weighted by atomic mass is 32.1. The number of aromatic nitrogens is 1. The molecule has 0 atom stereocenters. The Morgan fingerprint density at radius 2 is 2.13 bits per heavy atom. The summed E-state index contributed by atoms with van der Waals surface area (Å²) >= 11 is 1.55. The van der Waals surface area contributed by atoms with Crippen LogP contribution in [-0.2, 0) is 16.1 Å². The molecule has 0 amide bonds. The molecule has 0 N–H and O–H groups in total. The molecule has 0 saturated heterocycles. The Balaban J connectivity index is 1.54. The smallest absolute Gasteiger partial charge is 0.331 e. The molecular formula is C18H15NO3S. The van der Waals surface area contributed by atoms with Gasteiger partial charge in [-0.3, -0.25) is 0 Å². The number of hydrogen-bond donors (Lipinski definition) is 0. The Kier molecular flexibility index (Phi) is 4.68. The fourth-order valence-corrected chi connectivity index (χ4v) is 2.58. The third-order valence-electron chi connectivity index (χ3n) is 3.14. The van der Waals surface area contributed by atoms with Crippen LogP contribution in [0.3, 0.4) is 0 Å². The number of hydrogen-bond acceptors (Lipinski definition) is 5. The fraction of sp³-hybridized carbons (Fsp3) is 0.111. The summed E-state index contributed by atoms with van der Waals surface area (Å²) in [6.07, 6.45) is 4.64. The molecule has 5 heteroatoms. The van der Waals surface area contributed by atoms with E-state index < -0.39 is 5.97 Å². The van der Waals surface area contributed by atoms with Gasteiger partial charge in [0, 0.05) is 6.08 Å². The molecule has 0 radical (unpaired) electrons. The molecule has 3 aromatic rings. The fourth-order valence-electron chi connectivity index (χ4n) is 1.92. The lowest BCUT2D eigenvalue weighted by Crippen LogP contribution is -2.00.